The standard InChI is InChI=1S/C17H28O4/c1-4-6-7-13(5-2)12-21-17-9-14(10-18)16(20-3)8-15(17)11-19/h8-9,13,18-19H,4-7,10-12H2,1-3H3/t13-/m1/s1. The maximum absolute atomic E-state index is 9.47. The van der Waals surface area contributed by atoms with Crippen LogP contribution in [0.15, 0.2) is 12.1 Å². The number of aliphatic hydroxyl groups excluding tert-OH is 2. The highest BCUT2D eigenvalue weighted by molar-refractivity contribution is 5.46. The van der Waals surface area contributed by atoms with Crippen molar-refractivity contribution in [2.45, 2.75) is 52.7 Å². The van der Waals surface area contributed by atoms with Crippen molar-refractivity contribution in [1.29, 1.82) is 0 Å². The molecule has 0 unspecified atom stereocenters. The van der Waals surface area contributed by atoms with Gasteiger partial charge < -0.3 is 19.7 Å². The summed E-state index contributed by atoms with van der Waals surface area (Å²) in [5.74, 6) is 1.74. The molecule has 1 aromatic rings. The second-order valence-electron chi connectivity index (χ2n) is 5.32. The molecule has 0 amide bonds. The second kappa shape index (κ2) is 9.64. The molecular weight excluding hydrogens is 268 g/mol. The van der Waals surface area contributed by atoms with E-state index in [-0.39, 0.29) is 13.2 Å². The molecule has 1 rings (SSSR count). The van der Waals surface area contributed by atoms with E-state index in [2.05, 4.69) is 13.8 Å². The maximum atomic E-state index is 9.47. The average molecular weight is 296 g/mol. The minimum atomic E-state index is -0.113. The number of rotatable bonds is 10. The van der Waals surface area contributed by atoms with E-state index in [1.165, 1.54) is 12.8 Å². The molecule has 1 aromatic carbocycles. The smallest absolute Gasteiger partial charge is 0.125 e. The highest BCUT2D eigenvalue weighted by Crippen LogP contribution is 2.30. The summed E-state index contributed by atoms with van der Waals surface area (Å²) in [5, 5.41) is 18.8. The van der Waals surface area contributed by atoms with E-state index in [1.807, 2.05) is 0 Å². The minimum absolute atomic E-state index is 0.108. The van der Waals surface area contributed by atoms with Gasteiger partial charge in [-0.05, 0) is 24.5 Å². The lowest BCUT2D eigenvalue weighted by atomic mass is 10.0. The van der Waals surface area contributed by atoms with E-state index in [0.29, 0.717) is 35.2 Å². The Balaban J connectivity index is 2.81. The number of methoxy groups -OCH3 is 1. The Morgan fingerprint density at radius 2 is 1.67 bits per heavy atom. The van der Waals surface area contributed by atoms with Gasteiger partial charge in [0, 0.05) is 11.1 Å². The molecule has 0 aliphatic rings. The fourth-order valence-electron chi connectivity index (χ4n) is 2.32. The summed E-state index contributed by atoms with van der Waals surface area (Å²) in [6.45, 7) is 4.78. The molecule has 0 bridgehead atoms. The third-order valence-corrected chi connectivity index (χ3v) is 3.82. The van der Waals surface area contributed by atoms with Crippen molar-refractivity contribution in [3.63, 3.8) is 0 Å². The monoisotopic (exact) mass is 296 g/mol. The molecular formula is C17H28O4. The zero-order valence-corrected chi connectivity index (χ0v) is 13.4. The Kier molecular flexibility index (Phi) is 8.16. The van der Waals surface area contributed by atoms with Gasteiger partial charge in [0.25, 0.3) is 0 Å². The van der Waals surface area contributed by atoms with Gasteiger partial charge in [-0.15, -0.1) is 0 Å². The van der Waals surface area contributed by atoms with Crippen LogP contribution in [0.2, 0.25) is 0 Å². The molecule has 21 heavy (non-hydrogen) atoms. The molecule has 2 N–H and O–H groups in total. The molecule has 0 saturated carbocycles. The molecule has 0 heterocycles. The third-order valence-electron chi connectivity index (χ3n) is 3.82. The van der Waals surface area contributed by atoms with Crippen LogP contribution in [-0.4, -0.2) is 23.9 Å². The highest BCUT2D eigenvalue weighted by Gasteiger charge is 2.13. The number of aliphatic hydroxyl groups is 2. The lowest BCUT2D eigenvalue weighted by molar-refractivity contribution is 0.219. The summed E-state index contributed by atoms with van der Waals surface area (Å²) in [5.41, 5.74) is 1.36. The number of unbranched alkanes of at least 4 members (excludes halogenated alkanes) is 1. The van der Waals surface area contributed by atoms with Crippen LogP contribution < -0.4 is 9.47 Å². The van der Waals surface area contributed by atoms with E-state index in [0.717, 1.165) is 12.8 Å². The van der Waals surface area contributed by atoms with Crippen molar-refractivity contribution in [2.24, 2.45) is 5.92 Å². The highest BCUT2D eigenvalue weighted by atomic mass is 16.5. The van der Waals surface area contributed by atoms with E-state index in [1.54, 1.807) is 19.2 Å². The van der Waals surface area contributed by atoms with Crippen LogP contribution in [0.25, 0.3) is 0 Å². The molecule has 1 atom stereocenters. The number of ether oxygens (including phenoxy) is 2. The first kappa shape index (κ1) is 17.8. The van der Waals surface area contributed by atoms with Crippen molar-refractivity contribution < 1.29 is 19.7 Å². The van der Waals surface area contributed by atoms with Crippen LogP contribution in [0.1, 0.15) is 50.7 Å². The fourth-order valence-corrected chi connectivity index (χ4v) is 2.32. The van der Waals surface area contributed by atoms with Crippen LogP contribution in [0.4, 0.5) is 0 Å². The molecule has 4 heteroatoms. The minimum Gasteiger partial charge on any atom is -0.496 e. The molecule has 0 saturated heterocycles. The van der Waals surface area contributed by atoms with Gasteiger partial charge in [-0.2, -0.15) is 0 Å². The average Bonchev–Trinajstić information content (AvgIpc) is 2.54. The first-order valence-electron chi connectivity index (χ1n) is 7.74. The molecule has 0 spiro atoms. The number of hydrogen-bond donors (Lipinski definition) is 2. The van der Waals surface area contributed by atoms with Gasteiger partial charge in [0.15, 0.2) is 0 Å². The molecule has 0 fully saturated rings. The number of hydrogen-bond acceptors (Lipinski definition) is 4. The Morgan fingerprint density at radius 1 is 1.05 bits per heavy atom. The van der Waals surface area contributed by atoms with E-state index < -0.39 is 0 Å². The van der Waals surface area contributed by atoms with Crippen molar-refractivity contribution >= 4 is 0 Å². The van der Waals surface area contributed by atoms with Crippen molar-refractivity contribution in [1.82, 2.24) is 0 Å². The van der Waals surface area contributed by atoms with Gasteiger partial charge in [-0.25, -0.2) is 0 Å². The summed E-state index contributed by atoms with van der Waals surface area (Å²) in [4.78, 5) is 0. The normalized spacial score (nSPS) is 12.2. The number of benzene rings is 1. The summed E-state index contributed by atoms with van der Waals surface area (Å²) in [6, 6.07) is 3.49. The first-order chi connectivity index (χ1) is 10.2. The Hall–Kier alpha value is -1.26. The fraction of sp³-hybridized carbons (Fsp3) is 0.647. The van der Waals surface area contributed by atoms with Crippen molar-refractivity contribution in [3.8, 4) is 11.5 Å². The van der Waals surface area contributed by atoms with Gasteiger partial charge in [0.05, 0.1) is 26.9 Å². The van der Waals surface area contributed by atoms with E-state index >= 15 is 0 Å². The second-order valence-corrected chi connectivity index (χ2v) is 5.32. The van der Waals surface area contributed by atoms with Crippen molar-refractivity contribution in [2.75, 3.05) is 13.7 Å². The topological polar surface area (TPSA) is 58.9 Å². The molecule has 0 aliphatic carbocycles. The summed E-state index contributed by atoms with van der Waals surface area (Å²) >= 11 is 0. The zero-order valence-electron chi connectivity index (χ0n) is 13.4. The van der Waals surface area contributed by atoms with Crippen LogP contribution in [0.5, 0.6) is 11.5 Å². The summed E-state index contributed by atoms with van der Waals surface area (Å²) in [7, 11) is 1.55. The van der Waals surface area contributed by atoms with E-state index in [4.69, 9.17) is 9.47 Å². The molecule has 4 nitrogen and oxygen atoms in total. The lowest BCUT2D eigenvalue weighted by Crippen LogP contribution is -2.12. The maximum Gasteiger partial charge on any atom is 0.125 e. The van der Waals surface area contributed by atoms with Crippen LogP contribution >= 0.6 is 0 Å². The predicted octanol–water partition coefficient (Wildman–Crippen LogP) is 3.28. The Bertz CT molecular complexity index is 417. The Labute approximate surface area is 127 Å². The van der Waals surface area contributed by atoms with Crippen LogP contribution in [0, 0.1) is 5.92 Å². The van der Waals surface area contributed by atoms with Gasteiger partial charge >= 0.3 is 0 Å². The molecule has 0 aromatic heterocycles. The van der Waals surface area contributed by atoms with Crippen LogP contribution in [0.3, 0.4) is 0 Å². The SMILES string of the molecule is CCCC[C@@H](CC)COc1cc(CO)c(OC)cc1CO. The van der Waals surface area contributed by atoms with Gasteiger partial charge in [-0.1, -0.05) is 33.1 Å². The van der Waals surface area contributed by atoms with Gasteiger partial charge in [0.2, 0.25) is 0 Å². The van der Waals surface area contributed by atoms with Gasteiger partial charge in [0.1, 0.15) is 11.5 Å². The van der Waals surface area contributed by atoms with Crippen molar-refractivity contribution in [3.05, 3.63) is 23.3 Å². The third kappa shape index (κ3) is 5.21. The molecule has 0 radical (unpaired) electrons. The molecule has 120 valence electrons. The largest absolute Gasteiger partial charge is 0.496 e. The van der Waals surface area contributed by atoms with Gasteiger partial charge in [-0.3, -0.25) is 0 Å². The van der Waals surface area contributed by atoms with E-state index in [9.17, 15) is 10.2 Å². The Morgan fingerprint density at radius 3 is 2.19 bits per heavy atom. The molecule has 0 aliphatic heterocycles. The zero-order chi connectivity index (χ0) is 15.7. The quantitative estimate of drug-likeness (QED) is 0.695. The van der Waals surface area contributed by atoms with Crippen LogP contribution in [-0.2, 0) is 13.2 Å². The predicted molar refractivity (Wildman–Crippen MR) is 83.6 cm³/mol. The summed E-state index contributed by atoms with van der Waals surface area (Å²) < 4.78 is 11.1. The summed E-state index contributed by atoms with van der Waals surface area (Å²) in [6.07, 6.45) is 4.64. The first-order valence-corrected chi connectivity index (χ1v) is 7.74. The lowest BCUT2D eigenvalue weighted by Gasteiger charge is -2.18.